The van der Waals surface area contributed by atoms with Gasteiger partial charge in [-0.05, 0) is 29.8 Å². The Morgan fingerprint density at radius 3 is 2.95 bits per heavy atom. The molecule has 20 heavy (non-hydrogen) atoms. The van der Waals surface area contributed by atoms with Crippen molar-refractivity contribution in [1.82, 2.24) is 10.3 Å². The fourth-order valence-corrected chi connectivity index (χ4v) is 3.15. The van der Waals surface area contributed by atoms with E-state index >= 15 is 0 Å². The molecule has 3 heteroatoms. The normalized spacial score (nSPS) is 24.1. The summed E-state index contributed by atoms with van der Waals surface area (Å²) in [5.74, 6) is 0.581. The van der Waals surface area contributed by atoms with E-state index in [0.717, 1.165) is 19.6 Å². The van der Waals surface area contributed by atoms with Crippen molar-refractivity contribution in [3.63, 3.8) is 0 Å². The molecule has 2 heterocycles. The molecule has 0 radical (unpaired) electrons. The maximum Gasteiger partial charge on any atom is 0.0796 e. The maximum atomic E-state index is 5.99. The summed E-state index contributed by atoms with van der Waals surface area (Å²) in [5.41, 5.74) is 1.25. The molecule has 0 aliphatic carbocycles. The van der Waals surface area contributed by atoms with Gasteiger partial charge in [-0.15, -0.1) is 0 Å². The average Bonchev–Trinajstić information content (AvgIpc) is 2.90. The zero-order valence-corrected chi connectivity index (χ0v) is 12.2. The van der Waals surface area contributed by atoms with E-state index in [9.17, 15) is 0 Å². The van der Waals surface area contributed by atoms with Gasteiger partial charge in [0.1, 0.15) is 0 Å². The summed E-state index contributed by atoms with van der Waals surface area (Å²) in [5, 5.41) is 6.07. The number of fused-ring (bicyclic) bond motifs is 1. The molecular weight excluding hydrogens is 248 g/mol. The Hall–Kier alpha value is -1.45. The highest BCUT2D eigenvalue weighted by Gasteiger charge is 2.33. The summed E-state index contributed by atoms with van der Waals surface area (Å²) in [6.45, 7) is 6.22. The van der Waals surface area contributed by atoms with Crippen LogP contribution in [0.3, 0.4) is 0 Å². The van der Waals surface area contributed by atoms with Crippen LogP contribution in [0.5, 0.6) is 0 Å². The number of hydrogen-bond donors (Lipinski definition) is 1. The van der Waals surface area contributed by atoms with Crippen molar-refractivity contribution in [3.05, 3.63) is 42.2 Å². The second-order valence-corrected chi connectivity index (χ2v) is 5.59. The molecule has 3 rings (SSSR count). The SMILES string of the molecule is CCNC(c1cncc2ccccc12)C1OCCC1C. The van der Waals surface area contributed by atoms with Crippen molar-refractivity contribution in [2.75, 3.05) is 13.2 Å². The number of nitrogens with zero attached hydrogens (tertiary/aromatic N) is 1. The van der Waals surface area contributed by atoms with Crippen molar-refractivity contribution >= 4 is 10.8 Å². The average molecular weight is 270 g/mol. The minimum Gasteiger partial charge on any atom is -0.376 e. The third-order valence-corrected chi connectivity index (χ3v) is 4.23. The molecule has 0 amide bonds. The standard InChI is InChI=1S/C17H22N2O/c1-3-19-16(17-12(2)8-9-20-17)15-11-18-10-13-6-4-5-7-14(13)15/h4-7,10-12,16-17,19H,3,8-9H2,1-2H3. The summed E-state index contributed by atoms with van der Waals surface area (Å²) in [6.07, 6.45) is 5.30. The van der Waals surface area contributed by atoms with E-state index in [-0.39, 0.29) is 12.1 Å². The van der Waals surface area contributed by atoms with Crippen LogP contribution < -0.4 is 5.32 Å². The highest BCUT2D eigenvalue weighted by atomic mass is 16.5. The molecule has 0 spiro atoms. The van der Waals surface area contributed by atoms with Crippen LogP contribution in [0.4, 0.5) is 0 Å². The van der Waals surface area contributed by atoms with Crippen LogP contribution in [-0.4, -0.2) is 24.2 Å². The number of benzene rings is 1. The molecule has 1 saturated heterocycles. The number of nitrogens with one attached hydrogen (secondary N) is 1. The van der Waals surface area contributed by atoms with Crippen molar-refractivity contribution in [1.29, 1.82) is 0 Å². The van der Waals surface area contributed by atoms with Crippen LogP contribution in [0.1, 0.15) is 31.9 Å². The van der Waals surface area contributed by atoms with Gasteiger partial charge < -0.3 is 10.1 Å². The molecule has 1 fully saturated rings. The third kappa shape index (κ3) is 2.43. The van der Waals surface area contributed by atoms with E-state index < -0.39 is 0 Å². The first kappa shape index (κ1) is 13.5. The van der Waals surface area contributed by atoms with Crippen molar-refractivity contribution in [2.24, 2.45) is 5.92 Å². The van der Waals surface area contributed by atoms with E-state index in [0.29, 0.717) is 5.92 Å². The van der Waals surface area contributed by atoms with Gasteiger partial charge in [-0.25, -0.2) is 0 Å². The van der Waals surface area contributed by atoms with E-state index in [2.05, 4.69) is 48.4 Å². The van der Waals surface area contributed by atoms with Gasteiger partial charge in [-0.1, -0.05) is 38.1 Å². The Kier molecular flexibility index (Phi) is 3.99. The second kappa shape index (κ2) is 5.90. The van der Waals surface area contributed by atoms with Crippen LogP contribution in [0.2, 0.25) is 0 Å². The lowest BCUT2D eigenvalue weighted by Crippen LogP contribution is -2.34. The van der Waals surface area contributed by atoms with E-state index in [1.54, 1.807) is 0 Å². The van der Waals surface area contributed by atoms with Crippen LogP contribution in [0.15, 0.2) is 36.7 Å². The van der Waals surface area contributed by atoms with E-state index in [1.807, 2.05) is 12.4 Å². The van der Waals surface area contributed by atoms with Gasteiger partial charge in [0.15, 0.2) is 0 Å². The Morgan fingerprint density at radius 1 is 1.35 bits per heavy atom. The second-order valence-electron chi connectivity index (χ2n) is 5.59. The summed E-state index contributed by atoms with van der Waals surface area (Å²) < 4.78 is 5.99. The first-order valence-corrected chi connectivity index (χ1v) is 7.49. The Bertz CT molecular complexity index is 579. The van der Waals surface area contributed by atoms with Gasteiger partial charge >= 0.3 is 0 Å². The molecule has 1 N–H and O–H groups in total. The predicted octanol–water partition coefficient (Wildman–Crippen LogP) is 3.31. The molecule has 3 unspecified atom stereocenters. The minimum atomic E-state index is 0.219. The van der Waals surface area contributed by atoms with Crippen LogP contribution >= 0.6 is 0 Å². The zero-order valence-electron chi connectivity index (χ0n) is 12.2. The lowest BCUT2D eigenvalue weighted by atomic mass is 9.91. The van der Waals surface area contributed by atoms with Gasteiger partial charge in [0.2, 0.25) is 0 Å². The van der Waals surface area contributed by atoms with Crippen molar-refractivity contribution < 1.29 is 4.74 Å². The smallest absolute Gasteiger partial charge is 0.0796 e. The molecule has 1 aromatic heterocycles. The lowest BCUT2D eigenvalue weighted by molar-refractivity contribution is 0.0615. The maximum absolute atomic E-state index is 5.99. The molecule has 3 nitrogen and oxygen atoms in total. The summed E-state index contributed by atoms with van der Waals surface area (Å²) in [6, 6.07) is 8.67. The predicted molar refractivity (Wildman–Crippen MR) is 81.7 cm³/mol. The van der Waals surface area contributed by atoms with E-state index in [4.69, 9.17) is 4.74 Å². The number of hydrogen-bond acceptors (Lipinski definition) is 3. The molecule has 1 aromatic carbocycles. The summed E-state index contributed by atoms with van der Waals surface area (Å²) in [4.78, 5) is 4.42. The van der Waals surface area contributed by atoms with Crippen molar-refractivity contribution in [2.45, 2.75) is 32.4 Å². The molecule has 1 aliphatic heterocycles. The van der Waals surface area contributed by atoms with Gasteiger partial charge in [-0.3, -0.25) is 4.98 Å². The molecule has 1 aliphatic rings. The number of ether oxygens (including phenoxy) is 1. The number of likely N-dealkylation sites (N-methyl/N-ethyl adjacent to an activating group) is 1. The zero-order chi connectivity index (χ0) is 13.9. The minimum absolute atomic E-state index is 0.219. The van der Waals surface area contributed by atoms with Crippen molar-refractivity contribution in [3.8, 4) is 0 Å². The first-order chi connectivity index (χ1) is 9.81. The molecule has 2 aromatic rings. The molecular formula is C17H22N2O. The Balaban J connectivity index is 2.05. The van der Waals surface area contributed by atoms with Gasteiger partial charge in [0.25, 0.3) is 0 Å². The summed E-state index contributed by atoms with van der Waals surface area (Å²) >= 11 is 0. The summed E-state index contributed by atoms with van der Waals surface area (Å²) in [7, 11) is 0. The highest BCUT2D eigenvalue weighted by molar-refractivity contribution is 5.85. The topological polar surface area (TPSA) is 34.2 Å². The fraction of sp³-hybridized carbons (Fsp3) is 0.471. The molecule has 106 valence electrons. The van der Waals surface area contributed by atoms with Gasteiger partial charge in [-0.2, -0.15) is 0 Å². The highest BCUT2D eigenvalue weighted by Crippen LogP contribution is 2.34. The van der Waals surface area contributed by atoms with Gasteiger partial charge in [0, 0.05) is 24.4 Å². The lowest BCUT2D eigenvalue weighted by Gasteiger charge is -2.28. The monoisotopic (exact) mass is 270 g/mol. The first-order valence-electron chi connectivity index (χ1n) is 7.49. The van der Waals surface area contributed by atoms with E-state index in [1.165, 1.54) is 16.3 Å². The fourth-order valence-electron chi connectivity index (χ4n) is 3.15. The quantitative estimate of drug-likeness (QED) is 0.925. The third-order valence-electron chi connectivity index (χ3n) is 4.23. The van der Waals surface area contributed by atoms with Gasteiger partial charge in [0.05, 0.1) is 12.1 Å². The number of rotatable bonds is 4. The molecule has 0 bridgehead atoms. The van der Waals surface area contributed by atoms with Crippen LogP contribution in [-0.2, 0) is 4.74 Å². The number of pyridine rings is 1. The van der Waals surface area contributed by atoms with Crippen LogP contribution in [0, 0.1) is 5.92 Å². The number of aromatic nitrogens is 1. The Labute approximate surface area is 120 Å². The largest absolute Gasteiger partial charge is 0.376 e. The molecule has 3 atom stereocenters. The molecule has 0 saturated carbocycles. The Morgan fingerprint density at radius 2 is 2.20 bits per heavy atom. The van der Waals surface area contributed by atoms with Crippen LogP contribution in [0.25, 0.3) is 10.8 Å².